The number of benzene rings is 2. The Morgan fingerprint density at radius 2 is 1.87 bits per heavy atom. The van der Waals surface area contributed by atoms with Gasteiger partial charge in [0.1, 0.15) is 17.5 Å². The van der Waals surface area contributed by atoms with Crippen LogP contribution in [0.15, 0.2) is 54.2 Å². The fraction of sp³-hybridized carbons (Fsp3) is 0. The molecule has 23 heavy (non-hydrogen) atoms. The van der Waals surface area contributed by atoms with Crippen molar-refractivity contribution in [3.63, 3.8) is 0 Å². The highest BCUT2D eigenvalue weighted by molar-refractivity contribution is 6.43. The van der Waals surface area contributed by atoms with Crippen LogP contribution in [0.3, 0.4) is 0 Å². The van der Waals surface area contributed by atoms with Crippen LogP contribution in [0.25, 0.3) is 0 Å². The number of hydrogen-bond donors (Lipinski definition) is 2. The van der Waals surface area contributed by atoms with Crippen LogP contribution >= 0.6 is 23.2 Å². The summed E-state index contributed by atoms with van der Waals surface area (Å²) < 4.78 is 12.8. The summed E-state index contributed by atoms with van der Waals surface area (Å²) >= 11 is 11.9. The highest BCUT2D eigenvalue weighted by atomic mass is 35.5. The van der Waals surface area contributed by atoms with E-state index in [0.717, 1.165) is 0 Å². The molecule has 0 bridgehead atoms. The van der Waals surface area contributed by atoms with E-state index in [0.29, 0.717) is 16.4 Å². The Labute approximate surface area is 142 Å². The second-order valence-corrected chi connectivity index (χ2v) is 5.16. The van der Waals surface area contributed by atoms with Gasteiger partial charge in [-0.2, -0.15) is 5.26 Å². The van der Waals surface area contributed by atoms with Crippen molar-refractivity contribution in [1.29, 1.82) is 5.26 Å². The summed E-state index contributed by atoms with van der Waals surface area (Å²) in [6.07, 6.45) is 1.22. The molecule has 0 atom stereocenters. The first-order valence-electron chi connectivity index (χ1n) is 6.39. The molecule has 0 unspecified atom stereocenters. The van der Waals surface area contributed by atoms with Gasteiger partial charge in [-0.15, -0.1) is 0 Å². The van der Waals surface area contributed by atoms with Gasteiger partial charge in [0.2, 0.25) is 0 Å². The van der Waals surface area contributed by atoms with Gasteiger partial charge >= 0.3 is 0 Å². The van der Waals surface area contributed by atoms with E-state index in [1.54, 1.807) is 24.3 Å². The molecule has 0 saturated heterocycles. The van der Waals surface area contributed by atoms with E-state index < -0.39 is 11.7 Å². The standard InChI is InChI=1S/C16H10Cl2FN3O/c17-13-2-1-3-14(15(13)18)21-9-10(8-20)16(23)22-12-6-4-11(19)5-7-12/h1-7,9,21H,(H,22,23)/b10-9-. The van der Waals surface area contributed by atoms with Crippen molar-refractivity contribution < 1.29 is 9.18 Å². The van der Waals surface area contributed by atoms with Gasteiger partial charge in [-0.1, -0.05) is 29.3 Å². The van der Waals surface area contributed by atoms with Crippen LogP contribution in [0.1, 0.15) is 0 Å². The quantitative estimate of drug-likeness (QED) is 0.626. The molecule has 0 aromatic heterocycles. The zero-order valence-electron chi connectivity index (χ0n) is 11.6. The van der Waals surface area contributed by atoms with Gasteiger partial charge < -0.3 is 10.6 Å². The van der Waals surface area contributed by atoms with Crippen molar-refractivity contribution in [1.82, 2.24) is 0 Å². The Morgan fingerprint density at radius 1 is 1.17 bits per heavy atom. The zero-order valence-corrected chi connectivity index (χ0v) is 13.1. The average molecular weight is 350 g/mol. The summed E-state index contributed by atoms with van der Waals surface area (Å²) in [5, 5.41) is 15.0. The van der Waals surface area contributed by atoms with Crippen molar-refractivity contribution in [3.8, 4) is 6.07 Å². The molecule has 116 valence electrons. The molecule has 0 aliphatic rings. The highest BCUT2D eigenvalue weighted by Crippen LogP contribution is 2.29. The molecular formula is C16H10Cl2FN3O. The predicted octanol–water partition coefficient (Wildman–Crippen LogP) is 4.59. The van der Waals surface area contributed by atoms with Gasteiger partial charge in [0.15, 0.2) is 0 Å². The maximum Gasteiger partial charge on any atom is 0.267 e. The average Bonchev–Trinajstić information content (AvgIpc) is 2.54. The molecule has 2 aromatic rings. The van der Waals surface area contributed by atoms with Gasteiger partial charge in [0.05, 0.1) is 15.7 Å². The molecule has 0 aliphatic heterocycles. The third-order valence-corrected chi connectivity index (χ3v) is 3.61. The van der Waals surface area contributed by atoms with Crippen LogP contribution in [0.2, 0.25) is 10.0 Å². The Balaban J connectivity index is 2.12. The van der Waals surface area contributed by atoms with E-state index in [1.807, 2.05) is 0 Å². The van der Waals surface area contributed by atoms with Crippen molar-refractivity contribution in [2.45, 2.75) is 0 Å². The Hall–Kier alpha value is -2.55. The Kier molecular flexibility index (Phi) is 5.58. The van der Waals surface area contributed by atoms with E-state index in [1.165, 1.54) is 30.5 Å². The lowest BCUT2D eigenvalue weighted by molar-refractivity contribution is -0.112. The Bertz CT molecular complexity index is 798. The summed E-state index contributed by atoms with van der Waals surface area (Å²) in [6.45, 7) is 0. The van der Waals surface area contributed by atoms with Crippen LogP contribution in [0.4, 0.5) is 15.8 Å². The first-order chi connectivity index (χ1) is 11.0. The molecule has 0 heterocycles. The second kappa shape index (κ2) is 7.63. The van der Waals surface area contributed by atoms with Crippen LogP contribution < -0.4 is 10.6 Å². The van der Waals surface area contributed by atoms with Crippen molar-refractivity contribution >= 4 is 40.5 Å². The number of amides is 1. The van der Waals surface area contributed by atoms with Gasteiger partial charge in [0, 0.05) is 11.9 Å². The lowest BCUT2D eigenvalue weighted by Gasteiger charge is -2.07. The van der Waals surface area contributed by atoms with Crippen molar-refractivity contribution in [3.05, 3.63) is 70.1 Å². The van der Waals surface area contributed by atoms with Crippen LogP contribution in [-0.2, 0) is 4.79 Å². The molecule has 0 radical (unpaired) electrons. The number of nitrogens with zero attached hydrogens (tertiary/aromatic N) is 1. The number of nitrogens with one attached hydrogen (secondary N) is 2. The fourth-order valence-electron chi connectivity index (χ4n) is 1.65. The van der Waals surface area contributed by atoms with Gasteiger partial charge in [-0.05, 0) is 36.4 Å². The second-order valence-electron chi connectivity index (χ2n) is 4.38. The summed E-state index contributed by atoms with van der Waals surface area (Å²) in [4.78, 5) is 12.0. The first-order valence-corrected chi connectivity index (χ1v) is 7.14. The summed E-state index contributed by atoms with van der Waals surface area (Å²) in [5.41, 5.74) is 0.658. The number of rotatable bonds is 4. The molecule has 2 N–H and O–H groups in total. The monoisotopic (exact) mass is 349 g/mol. The Morgan fingerprint density at radius 3 is 2.52 bits per heavy atom. The van der Waals surface area contributed by atoms with E-state index in [-0.39, 0.29) is 10.6 Å². The predicted molar refractivity (Wildman–Crippen MR) is 88.8 cm³/mol. The topological polar surface area (TPSA) is 64.9 Å². The molecule has 0 aliphatic carbocycles. The minimum absolute atomic E-state index is 0.176. The number of halogens is 3. The lowest BCUT2D eigenvalue weighted by atomic mass is 10.2. The van der Waals surface area contributed by atoms with Gasteiger partial charge in [0.25, 0.3) is 5.91 Å². The lowest BCUT2D eigenvalue weighted by Crippen LogP contribution is -2.14. The fourth-order valence-corrected chi connectivity index (χ4v) is 2.00. The van der Waals surface area contributed by atoms with Crippen LogP contribution in [0.5, 0.6) is 0 Å². The third kappa shape index (κ3) is 4.46. The summed E-state index contributed by atoms with van der Waals surface area (Å²) in [6, 6.07) is 11.9. The first kappa shape index (κ1) is 16.8. The maximum absolute atomic E-state index is 12.8. The normalized spacial score (nSPS) is 10.8. The maximum atomic E-state index is 12.8. The molecule has 0 saturated carbocycles. The largest absolute Gasteiger partial charge is 0.359 e. The SMILES string of the molecule is N#C/C(=C/Nc1cccc(Cl)c1Cl)C(=O)Nc1ccc(F)cc1. The molecule has 7 heteroatoms. The summed E-state index contributed by atoms with van der Waals surface area (Å²) in [5.74, 6) is -1.05. The van der Waals surface area contributed by atoms with E-state index >= 15 is 0 Å². The number of hydrogen-bond acceptors (Lipinski definition) is 3. The molecule has 2 rings (SSSR count). The van der Waals surface area contributed by atoms with Crippen LogP contribution in [0, 0.1) is 17.1 Å². The van der Waals surface area contributed by atoms with E-state index in [2.05, 4.69) is 10.6 Å². The zero-order chi connectivity index (χ0) is 16.8. The van der Waals surface area contributed by atoms with Crippen molar-refractivity contribution in [2.75, 3.05) is 10.6 Å². The van der Waals surface area contributed by atoms with E-state index in [4.69, 9.17) is 28.5 Å². The number of anilines is 2. The smallest absolute Gasteiger partial charge is 0.267 e. The van der Waals surface area contributed by atoms with Gasteiger partial charge in [-0.25, -0.2) is 4.39 Å². The molecule has 0 spiro atoms. The molecule has 1 amide bonds. The van der Waals surface area contributed by atoms with Crippen LogP contribution in [-0.4, -0.2) is 5.91 Å². The third-order valence-electron chi connectivity index (χ3n) is 2.79. The molecule has 0 fully saturated rings. The minimum Gasteiger partial charge on any atom is -0.359 e. The number of carbonyl (C=O) groups excluding carboxylic acids is 1. The van der Waals surface area contributed by atoms with E-state index in [9.17, 15) is 9.18 Å². The molecule has 4 nitrogen and oxygen atoms in total. The molecular weight excluding hydrogens is 340 g/mol. The summed E-state index contributed by atoms with van der Waals surface area (Å²) in [7, 11) is 0. The molecule has 2 aromatic carbocycles. The highest BCUT2D eigenvalue weighted by Gasteiger charge is 2.10. The number of nitriles is 1. The minimum atomic E-state index is -0.634. The van der Waals surface area contributed by atoms with Crippen molar-refractivity contribution in [2.24, 2.45) is 0 Å². The van der Waals surface area contributed by atoms with Gasteiger partial charge in [-0.3, -0.25) is 4.79 Å². The number of carbonyl (C=O) groups is 1.